The molecule has 8 heteroatoms. The van der Waals surface area contributed by atoms with Crippen LogP contribution in [0.5, 0.6) is 0 Å². The summed E-state index contributed by atoms with van der Waals surface area (Å²) in [4.78, 5) is 11.6. The van der Waals surface area contributed by atoms with E-state index in [1.165, 1.54) is 29.2 Å². The van der Waals surface area contributed by atoms with Crippen molar-refractivity contribution in [2.45, 2.75) is 11.3 Å². The summed E-state index contributed by atoms with van der Waals surface area (Å²) < 4.78 is 26.7. The monoisotopic (exact) mass is 301 g/mol. The lowest BCUT2D eigenvalue weighted by Crippen LogP contribution is -2.15. The largest absolute Gasteiger partial charge is 0.323 e. The zero-order chi connectivity index (χ0) is 13.8. The van der Waals surface area contributed by atoms with Gasteiger partial charge in [-0.3, -0.25) is 4.79 Å². The van der Waals surface area contributed by atoms with Crippen molar-refractivity contribution in [2.75, 3.05) is 11.1 Å². The van der Waals surface area contributed by atoms with E-state index in [9.17, 15) is 13.6 Å². The summed E-state index contributed by atoms with van der Waals surface area (Å²) in [5.41, 5.74) is -0.0413. The molecular weight excluding hydrogens is 292 g/mol. The highest BCUT2D eigenvalue weighted by Crippen LogP contribution is 2.22. The molecule has 0 unspecified atom stereocenters. The molecule has 4 nitrogen and oxygen atoms in total. The Hall–Kier alpha value is -1.54. The summed E-state index contributed by atoms with van der Waals surface area (Å²) in [6.07, 6.45) is 0. The van der Waals surface area contributed by atoms with Crippen LogP contribution in [-0.2, 0) is 4.79 Å². The Balaban J connectivity index is 1.90. The molecule has 1 aromatic carbocycles. The van der Waals surface area contributed by atoms with Crippen molar-refractivity contribution in [3.63, 3.8) is 0 Å². The molecule has 0 aliphatic rings. The minimum Gasteiger partial charge on any atom is -0.323 e. The van der Waals surface area contributed by atoms with Gasteiger partial charge in [0.15, 0.2) is 4.34 Å². The molecule has 0 saturated carbocycles. The number of hydrogen-bond acceptors (Lipinski definition) is 5. The second kappa shape index (κ2) is 6.07. The maximum absolute atomic E-state index is 13.3. The molecule has 1 amide bonds. The number of benzene rings is 1. The average molecular weight is 301 g/mol. The highest BCUT2D eigenvalue weighted by molar-refractivity contribution is 8.01. The number of carbonyl (C=O) groups excluding carboxylic acids is 1. The number of aryl methyl sites for hydroxylation is 1. The fourth-order valence-electron chi connectivity index (χ4n) is 1.24. The molecule has 100 valence electrons. The first kappa shape index (κ1) is 13.9. The van der Waals surface area contributed by atoms with E-state index in [0.717, 1.165) is 17.1 Å². The van der Waals surface area contributed by atoms with Crippen LogP contribution < -0.4 is 5.32 Å². The Bertz CT molecular complexity index is 603. The van der Waals surface area contributed by atoms with E-state index < -0.39 is 11.6 Å². The second-order valence-electron chi connectivity index (χ2n) is 3.55. The molecule has 0 aliphatic carbocycles. The van der Waals surface area contributed by atoms with Crippen LogP contribution in [0.25, 0.3) is 0 Å². The molecule has 0 atom stereocenters. The Morgan fingerprint density at radius 2 is 2.21 bits per heavy atom. The molecule has 0 aliphatic heterocycles. The van der Waals surface area contributed by atoms with Gasteiger partial charge in [-0.15, -0.1) is 10.2 Å². The number of anilines is 1. The highest BCUT2D eigenvalue weighted by atomic mass is 32.2. The zero-order valence-electron chi connectivity index (χ0n) is 9.81. The SMILES string of the molecule is Cc1nnc(SCC(=O)Nc2ccc(F)cc2F)s1. The van der Waals surface area contributed by atoms with Crippen molar-refractivity contribution in [2.24, 2.45) is 0 Å². The van der Waals surface area contributed by atoms with Gasteiger partial charge in [-0.2, -0.15) is 0 Å². The molecule has 0 fully saturated rings. The van der Waals surface area contributed by atoms with Gasteiger partial charge in [0.05, 0.1) is 11.4 Å². The number of nitrogens with zero attached hydrogens (tertiary/aromatic N) is 2. The van der Waals surface area contributed by atoms with Gasteiger partial charge in [0.2, 0.25) is 5.91 Å². The summed E-state index contributed by atoms with van der Waals surface area (Å²) in [7, 11) is 0. The van der Waals surface area contributed by atoms with Gasteiger partial charge < -0.3 is 5.32 Å². The smallest absolute Gasteiger partial charge is 0.234 e. The van der Waals surface area contributed by atoms with E-state index in [4.69, 9.17) is 0 Å². The standard InChI is InChI=1S/C11H9F2N3OS2/c1-6-15-16-11(19-6)18-5-10(17)14-9-3-2-7(12)4-8(9)13/h2-4H,5H2,1H3,(H,14,17). The van der Waals surface area contributed by atoms with Crippen LogP contribution >= 0.6 is 23.1 Å². The van der Waals surface area contributed by atoms with Gasteiger partial charge in [0.1, 0.15) is 16.6 Å². The molecule has 1 heterocycles. The van der Waals surface area contributed by atoms with Gasteiger partial charge in [-0.1, -0.05) is 23.1 Å². The van der Waals surface area contributed by atoms with Crippen molar-refractivity contribution in [1.29, 1.82) is 0 Å². The van der Waals surface area contributed by atoms with Gasteiger partial charge in [0, 0.05) is 6.07 Å². The Labute approximate surface area is 116 Å². The number of nitrogens with one attached hydrogen (secondary N) is 1. The predicted octanol–water partition coefficient (Wildman–Crippen LogP) is 2.86. The zero-order valence-corrected chi connectivity index (χ0v) is 11.4. The van der Waals surface area contributed by atoms with Crippen molar-refractivity contribution >= 4 is 34.7 Å². The maximum Gasteiger partial charge on any atom is 0.234 e. The molecule has 1 aromatic heterocycles. The lowest BCUT2D eigenvalue weighted by molar-refractivity contribution is -0.113. The molecular formula is C11H9F2N3OS2. The fraction of sp³-hybridized carbons (Fsp3) is 0.182. The minimum atomic E-state index is -0.801. The molecule has 0 bridgehead atoms. The van der Waals surface area contributed by atoms with Crippen LogP contribution in [0, 0.1) is 18.6 Å². The van der Waals surface area contributed by atoms with E-state index >= 15 is 0 Å². The molecule has 2 aromatic rings. The number of amides is 1. The molecule has 0 spiro atoms. The quantitative estimate of drug-likeness (QED) is 0.882. The van der Waals surface area contributed by atoms with Crippen LogP contribution in [0.1, 0.15) is 5.01 Å². The van der Waals surface area contributed by atoms with Crippen LogP contribution in [0.2, 0.25) is 0 Å². The van der Waals surface area contributed by atoms with Crippen molar-refractivity contribution in [3.05, 3.63) is 34.8 Å². The summed E-state index contributed by atoms with van der Waals surface area (Å²) in [6, 6.07) is 2.99. The normalized spacial score (nSPS) is 10.5. The first-order chi connectivity index (χ1) is 9.04. The second-order valence-corrected chi connectivity index (χ2v) is 5.95. The summed E-state index contributed by atoms with van der Waals surface area (Å²) in [5.74, 6) is -1.78. The van der Waals surface area contributed by atoms with Gasteiger partial charge >= 0.3 is 0 Å². The summed E-state index contributed by atoms with van der Waals surface area (Å²) in [5, 5.41) is 10.9. The Morgan fingerprint density at radius 3 is 2.84 bits per heavy atom. The number of carbonyl (C=O) groups is 1. The number of halogens is 2. The molecule has 2 rings (SSSR count). The molecule has 1 N–H and O–H groups in total. The van der Waals surface area contributed by atoms with Gasteiger partial charge in [0.25, 0.3) is 0 Å². The van der Waals surface area contributed by atoms with Crippen LogP contribution in [0.4, 0.5) is 14.5 Å². The third-order valence-corrected chi connectivity index (χ3v) is 4.01. The van der Waals surface area contributed by atoms with E-state index in [0.29, 0.717) is 4.34 Å². The third kappa shape index (κ3) is 3.97. The van der Waals surface area contributed by atoms with Crippen LogP contribution in [0.15, 0.2) is 22.5 Å². The Morgan fingerprint density at radius 1 is 1.42 bits per heavy atom. The van der Waals surface area contributed by atoms with Crippen molar-refractivity contribution < 1.29 is 13.6 Å². The van der Waals surface area contributed by atoms with Crippen molar-refractivity contribution in [3.8, 4) is 0 Å². The summed E-state index contributed by atoms with van der Waals surface area (Å²) in [6.45, 7) is 1.82. The summed E-state index contributed by atoms with van der Waals surface area (Å²) >= 11 is 2.59. The van der Waals surface area contributed by atoms with Crippen LogP contribution in [0.3, 0.4) is 0 Å². The number of hydrogen-bond donors (Lipinski definition) is 1. The third-order valence-electron chi connectivity index (χ3n) is 2.04. The Kier molecular flexibility index (Phi) is 4.43. The first-order valence-corrected chi connectivity index (χ1v) is 7.02. The predicted molar refractivity (Wildman–Crippen MR) is 70.4 cm³/mol. The molecule has 19 heavy (non-hydrogen) atoms. The van der Waals surface area contributed by atoms with E-state index in [1.54, 1.807) is 0 Å². The lowest BCUT2D eigenvalue weighted by Gasteiger charge is -2.05. The van der Waals surface area contributed by atoms with E-state index in [2.05, 4.69) is 15.5 Å². The van der Waals surface area contributed by atoms with E-state index in [1.807, 2.05) is 6.92 Å². The minimum absolute atomic E-state index is 0.0413. The lowest BCUT2D eigenvalue weighted by atomic mass is 10.3. The molecule has 0 saturated heterocycles. The van der Waals surface area contributed by atoms with Crippen molar-refractivity contribution in [1.82, 2.24) is 10.2 Å². The average Bonchev–Trinajstić information content (AvgIpc) is 2.76. The van der Waals surface area contributed by atoms with Crippen LogP contribution in [-0.4, -0.2) is 21.9 Å². The number of thioether (sulfide) groups is 1. The fourth-order valence-corrected chi connectivity index (χ4v) is 2.86. The van der Waals surface area contributed by atoms with Gasteiger partial charge in [-0.05, 0) is 19.1 Å². The van der Waals surface area contributed by atoms with Gasteiger partial charge in [-0.25, -0.2) is 8.78 Å². The topological polar surface area (TPSA) is 54.9 Å². The highest BCUT2D eigenvalue weighted by Gasteiger charge is 2.10. The first-order valence-electron chi connectivity index (χ1n) is 5.22. The number of aromatic nitrogens is 2. The van der Waals surface area contributed by atoms with E-state index in [-0.39, 0.29) is 17.3 Å². The number of rotatable bonds is 4. The maximum atomic E-state index is 13.3. The molecule has 0 radical (unpaired) electrons.